The molecule has 0 rings (SSSR count). The van der Waals surface area contributed by atoms with Gasteiger partial charge in [-0.3, -0.25) is 4.79 Å². The molecule has 0 aromatic heterocycles. The van der Waals surface area contributed by atoms with Crippen LogP contribution in [0.15, 0.2) is 0 Å². The van der Waals surface area contributed by atoms with Gasteiger partial charge in [0.05, 0.1) is 12.2 Å². The monoisotopic (exact) mass is 199 g/mol. The van der Waals surface area contributed by atoms with Gasteiger partial charge in [-0.05, 0) is 6.92 Å². The molecule has 0 aliphatic carbocycles. The first-order valence-corrected chi connectivity index (χ1v) is 3.20. The molecule has 6 heteroatoms. The average molecular weight is 200 g/mol. The van der Waals surface area contributed by atoms with Crippen molar-refractivity contribution in [2.75, 3.05) is 6.61 Å². The number of rotatable bonds is 4. The van der Waals surface area contributed by atoms with E-state index in [1.165, 1.54) is 6.92 Å². The molecule has 5 nitrogen and oxygen atoms in total. The van der Waals surface area contributed by atoms with Crippen LogP contribution in [0.5, 0.6) is 0 Å². The fourth-order valence-electron chi connectivity index (χ4n) is 0.626. The predicted molar refractivity (Wildman–Crippen MR) is 45.2 cm³/mol. The Balaban J connectivity index is 0. The van der Waals surface area contributed by atoms with E-state index in [0.29, 0.717) is 0 Å². The summed E-state index contributed by atoms with van der Waals surface area (Å²) < 4.78 is 0. The molecule has 0 saturated carbocycles. The summed E-state index contributed by atoms with van der Waals surface area (Å²) >= 11 is 0. The number of halogens is 1. The van der Waals surface area contributed by atoms with E-state index in [-0.39, 0.29) is 18.8 Å². The minimum absolute atomic E-state index is 0. The van der Waals surface area contributed by atoms with Crippen LogP contribution in [0, 0.1) is 0 Å². The van der Waals surface area contributed by atoms with Crippen LogP contribution in [-0.4, -0.2) is 39.5 Å². The van der Waals surface area contributed by atoms with E-state index in [1.807, 2.05) is 0 Å². The molecule has 2 unspecified atom stereocenters. The average Bonchev–Trinajstić information content (AvgIpc) is 1.87. The van der Waals surface area contributed by atoms with Crippen LogP contribution >= 0.6 is 12.4 Å². The molecule has 0 bridgehead atoms. The van der Waals surface area contributed by atoms with Gasteiger partial charge in [0.2, 0.25) is 0 Å². The standard InChI is InChI=1S/C6H13NO4.ClH/c1-6(11,3-8)2-4(7)5(9)10;/h4,8,11H,2-3,7H2,1H3,(H,9,10);1H. The summed E-state index contributed by atoms with van der Waals surface area (Å²) in [5, 5.41) is 26.0. The van der Waals surface area contributed by atoms with E-state index in [1.54, 1.807) is 0 Å². The van der Waals surface area contributed by atoms with Crippen molar-refractivity contribution in [2.45, 2.75) is 25.0 Å². The van der Waals surface area contributed by atoms with Crippen LogP contribution in [0.3, 0.4) is 0 Å². The fourth-order valence-corrected chi connectivity index (χ4v) is 0.626. The van der Waals surface area contributed by atoms with E-state index < -0.39 is 24.2 Å². The third kappa shape index (κ3) is 5.31. The molecule has 5 N–H and O–H groups in total. The molecule has 0 amide bonds. The Labute approximate surface area is 76.6 Å². The van der Waals surface area contributed by atoms with Crippen LogP contribution in [0.4, 0.5) is 0 Å². The van der Waals surface area contributed by atoms with E-state index in [0.717, 1.165) is 0 Å². The molecule has 0 aliphatic heterocycles. The zero-order chi connectivity index (χ0) is 9.07. The van der Waals surface area contributed by atoms with Crippen LogP contribution in [0.2, 0.25) is 0 Å². The molecule has 0 aliphatic rings. The van der Waals surface area contributed by atoms with Crippen molar-refractivity contribution in [1.82, 2.24) is 0 Å². The summed E-state index contributed by atoms with van der Waals surface area (Å²) in [6, 6.07) is -1.13. The Bertz CT molecular complexity index is 150. The Morgan fingerprint density at radius 1 is 1.67 bits per heavy atom. The number of hydrogen-bond donors (Lipinski definition) is 4. The van der Waals surface area contributed by atoms with E-state index >= 15 is 0 Å². The van der Waals surface area contributed by atoms with E-state index in [4.69, 9.17) is 21.1 Å². The highest BCUT2D eigenvalue weighted by molar-refractivity contribution is 5.85. The van der Waals surface area contributed by atoms with Crippen molar-refractivity contribution in [3.8, 4) is 0 Å². The Hall–Kier alpha value is -0.360. The van der Waals surface area contributed by atoms with Gasteiger partial charge in [-0.25, -0.2) is 0 Å². The van der Waals surface area contributed by atoms with E-state index in [2.05, 4.69) is 0 Å². The first kappa shape index (κ1) is 14.2. The molecule has 0 heterocycles. The topological polar surface area (TPSA) is 104 Å². The first-order valence-electron chi connectivity index (χ1n) is 3.20. The van der Waals surface area contributed by atoms with Crippen LogP contribution in [-0.2, 0) is 4.79 Å². The second-order valence-electron chi connectivity index (χ2n) is 2.80. The summed E-state index contributed by atoms with van der Waals surface area (Å²) in [7, 11) is 0. The number of carboxylic acids is 1. The van der Waals surface area contributed by atoms with Crippen molar-refractivity contribution in [2.24, 2.45) is 5.73 Å². The normalized spacial score (nSPS) is 17.3. The highest BCUT2D eigenvalue weighted by Crippen LogP contribution is 2.09. The number of aliphatic hydroxyl groups is 2. The van der Waals surface area contributed by atoms with Crippen molar-refractivity contribution >= 4 is 18.4 Å². The molecule has 0 spiro atoms. The highest BCUT2D eigenvalue weighted by Gasteiger charge is 2.25. The Kier molecular flexibility index (Phi) is 6.28. The van der Waals surface area contributed by atoms with Gasteiger partial charge in [0.25, 0.3) is 0 Å². The lowest BCUT2D eigenvalue weighted by atomic mass is 9.99. The minimum atomic E-state index is -1.40. The molecule has 0 aromatic rings. The molecule has 0 aromatic carbocycles. The molecule has 12 heavy (non-hydrogen) atoms. The summed E-state index contributed by atoms with van der Waals surface area (Å²) in [5.41, 5.74) is 3.70. The first-order chi connectivity index (χ1) is 4.89. The number of aliphatic hydroxyl groups excluding tert-OH is 1. The van der Waals surface area contributed by atoms with Crippen molar-refractivity contribution in [3.05, 3.63) is 0 Å². The summed E-state index contributed by atoms with van der Waals surface area (Å²) in [6.45, 7) is 0.837. The minimum Gasteiger partial charge on any atom is -0.480 e. The molecule has 74 valence electrons. The van der Waals surface area contributed by atoms with Crippen molar-refractivity contribution in [1.29, 1.82) is 0 Å². The number of aliphatic carboxylic acids is 1. The number of hydrogen-bond acceptors (Lipinski definition) is 4. The number of nitrogens with two attached hydrogens (primary N) is 1. The van der Waals surface area contributed by atoms with Gasteiger partial charge in [0, 0.05) is 6.42 Å². The predicted octanol–water partition coefficient (Wildman–Crippen LogP) is -1.05. The summed E-state index contributed by atoms with van der Waals surface area (Å²) in [4.78, 5) is 10.2. The summed E-state index contributed by atoms with van der Waals surface area (Å²) in [6.07, 6.45) is -0.154. The smallest absolute Gasteiger partial charge is 0.320 e. The largest absolute Gasteiger partial charge is 0.480 e. The number of carbonyl (C=O) groups is 1. The zero-order valence-corrected chi connectivity index (χ0v) is 7.54. The maximum Gasteiger partial charge on any atom is 0.320 e. The molecular weight excluding hydrogens is 186 g/mol. The molecule has 2 atom stereocenters. The van der Waals surface area contributed by atoms with Crippen molar-refractivity contribution < 1.29 is 20.1 Å². The van der Waals surface area contributed by atoms with Gasteiger partial charge in [0.1, 0.15) is 6.04 Å². The molecule has 0 saturated heterocycles. The quantitative estimate of drug-likeness (QED) is 0.463. The molecular formula is C6H14ClNO4. The Morgan fingerprint density at radius 3 is 2.33 bits per heavy atom. The highest BCUT2D eigenvalue weighted by atomic mass is 35.5. The fraction of sp³-hybridized carbons (Fsp3) is 0.833. The van der Waals surface area contributed by atoms with Crippen LogP contribution in [0.25, 0.3) is 0 Å². The van der Waals surface area contributed by atoms with Gasteiger partial charge in [-0.2, -0.15) is 0 Å². The Morgan fingerprint density at radius 2 is 2.08 bits per heavy atom. The second-order valence-corrected chi connectivity index (χ2v) is 2.80. The third-order valence-electron chi connectivity index (χ3n) is 1.32. The van der Waals surface area contributed by atoms with Gasteiger partial charge in [-0.15, -0.1) is 12.4 Å². The van der Waals surface area contributed by atoms with Crippen LogP contribution in [0.1, 0.15) is 13.3 Å². The van der Waals surface area contributed by atoms with E-state index in [9.17, 15) is 4.79 Å². The van der Waals surface area contributed by atoms with Crippen molar-refractivity contribution in [3.63, 3.8) is 0 Å². The number of carboxylic acid groups (broad SMARTS) is 1. The van der Waals surface area contributed by atoms with Gasteiger partial charge in [-0.1, -0.05) is 0 Å². The van der Waals surface area contributed by atoms with Gasteiger partial charge in [0.15, 0.2) is 0 Å². The lowest BCUT2D eigenvalue weighted by Crippen LogP contribution is -2.41. The maximum absolute atomic E-state index is 10.2. The molecule has 0 radical (unpaired) electrons. The zero-order valence-electron chi connectivity index (χ0n) is 6.73. The summed E-state index contributed by atoms with van der Waals surface area (Å²) in [5.74, 6) is -1.18. The lowest BCUT2D eigenvalue weighted by molar-refractivity contribution is -0.140. The van der Waals surface area contributed by atoms with Gasteiger partial charge >= 0.3 is 5.97 Å². The molecule has 0 fully saturated rings. The second kappa shape index (κ2) is 5.31. The maximum atomic E-state index is 10.2. The van der Waals surface area contributed by atoms with Gasteiger partial charge < -0.3 is 21.1 Å². The lowest BCUT2D eigenvalue weighted by Gasteiger charge is -2.21. The third-order valence-corrected chi connectivity index (χ3v) is 1.32. The SMILES string of the molecule is CC(O)(CO)CC(N)C(=O)O.Cl. The van der Waals surface area contributed by atoms with Crippen LogP contribution < -0.4 is 5.73 Å².